The van der Waals surface area contributed by atoms with Gasteiger partial charge in [-0.3, -0.25) is 9.59 Å². The maximum Gasteiger partial charge on any atom is 0.254 e. The average molecular weight is 403 g/mol. The van der Waals surface area contributed by atoms with Crippen LogP contribution in [0.3, 0.4) is 0 Å². The van der Waals surface area contributed by atoms with Crippen LogP contribution >= 0.6 is 0 Å². The third kappa shape index (κ3) is 3.24. The summed E-state index contributed by atoms with van der Waals surface area (Å²) in [5.41, 5.74) is 9.93. The van der Waals surface area contributed by atoms with Gasteiger partial charge in [0.25, 0.3) is 5.91 Å². The van der Waals surface area contributed by atoms with Gasteiger partial charge in [0.1, 0.15) is 11.6 Å². The van der Waals surface area contributed by atoms with E-state index in [9.17, 15) is 9.59 Å². The van der Waals surface area contributed by atoms with Gasteiger partial charge in [-0.1, -0.05) is 48.7 Å². The predicted octanol–water partition coefficient (Wildman–Crippen LogP) is 2.99. The van der Waals surface area contributed by atoms with E-state index in [0.717, 1.165) is 29.5 Å². The molecule has 1 aliphatic carbocycles. The van der Waals surface area contributed by atoms with Crippen LogP contribution in [0.5, 0.6) is 0 Å². The Labute approximate surface area is 174 Å². The summed E-state index contributed by atoms with van der Waals surface area (Å²) in [5.74, 6) is -0.690. The summed E-state index contributed by atoms with van der Waals surface area (Å²) in [4.78, 5) is 27.0. The number of benzene rings is 2. The van der Waals surface area contributed by atoms with Gasteiger partial charge in [-0.05, 0) is 42.2 Å². The molecule has 2 aliphatic rings. The van der Waals surface area contributed by atoms with Gasteiger partial charge in [-0.25, -0.2) is 4.68 Å². The molecule has 1 fully saturated rings. The van der Waals surface area contributed by atoms with Crippen molar-refractivity contribution in [1.82, 2.24) is 19.9 Å². The molecule has 0 radical (unpaired) electrons. The van der Waals surface area contributed by atoms with Crippen molar-refractivity contribution in [2.45, 2.75) is 57.2 Å². The Bertz CT molecular complexity index is 1120. The van der Waals surface area contributed by atoms with E-state index in [-0.39, 0.29) is 5.91 Å². The Morgan fingerprint density at radius 3 is 2.53 bits per heavy atom. The van der Waals surface area contributed by atoms with Crippen molar-refractivity contribution in [3.8, 4) is 0 Å². The second-order valence-electron chi connectivity index (χ2n) is 8.35. The number of rotatable bonds is 3. The molecule has 2 amide bonds. The van der Waals surface area contributed by atoms with Gasteiger partial charge in [0.15, 0.2) is 0 Å². The first-order valence-corrected chi connectivity index (χ1v) is 10.6. The minimum Gasteiger partial charge on any atom is -0.368 e. The number of nitrogens with two attached hydrogens (primary N) is 1. The van der Waals surface area contributed by atoms with E-state index in [4.69, 9.17) is 5.73 Å². The van der Waals surface area contributed by atoms with Crippen molar-refractivity contribution in [2.75, 3.05) is 0 Å². The van der Waals surface area contributed by atoms with Crippen LogP contribution in [-0.2, 0) is 17.8 Å². The first kappa shape index (κ1) is 18.8. The van der Waals surface area contributed by atoms with Crippen molar-refractivity contribution in [3.63, 3.8) is 0 Å². The zero-order chi connectivity index (χ0) is 20.7. The fourth-order valence-electron chi connectivity index (χ4n) is 4.83. The largest absolute Gasteiger partial charge is 0.368 e. The lowest BCUT2D eigenvalue weighted by molar-refractivity contribution is -0.122. The minimum absolute atomic E-state index is 0.206. The van der Waals surface area contributed by atoms with Gasteiger partial charge >= 0.3 is 0 Å². The fourth-order valence-corrected chi connectivity index (χ4v) is 4.83. The minimum atomic E-state index is -0.652. The smallest absolute Gasteiger partial charge is 0.254 e. The molecule has 5 rings (SSSR count). The number of carbonyl (C=O) groups is 2. The van der Waals surface area contributed by atoms with Crippen molar-refractivity contribution in [3.05, 3.63) is 59.2 Å². The summed E-state index contributed by atoms with van der Waals surface area (Å²) < 4.78 is 2.01. The predicted molar refractivity (Wildman–Crippen MR) is 113 cm³/mol. The molecule has 154 valence electrons. The highest BCUT2D eigenvalue weighted by Crippen LogP contribution is 2.30. The van der Waals surface area contributed by atoms with Crippen molar-refractivity contribution >= 4 is 22.8 Å². The molecule has 0 saturated heterocycles. The molecular formula is C23H25N5O2. The van der Waals surface area contributed by atoms with Gasteiger partial charge in [0, 0.05) is 18.5 Å². The first-order valence-electron chi connectivity index (χ1n) is 10.6. The molecule has 1 saturated carbocycles. The molecule has 30 heavy (non-hydrogen) atoms. The van der Waals surface area contributed by atoms with E-state index in [2.05, 4.69) is 10.3 Å². The number of carbonyl (C=O) groups excluding carboxylic acids is 2. The monoisotopic (exact) mass is 403 g/mol. The zero-order valence-corrected chi connectivity index (χ0v) is 16.8. The zero-order valence-electron chi connectivity index (χ0n) is 16.8. The van der Waals surface area contributed by atoms with Gasteiger partial charge in [0.2, 0.25) is 5.91 Å². The third-order valence-corrected chi connectivity index (χ3v) is 6.48. The molecule has 3 aromatic rings. The van der Waals surface area contributed by atoms with Crippen LogP contribution in [0.1, 0.15) is 59.6 Å². The number of hydrogen-bond acceptors (Lipinski definition) is 4. The van der Waals surface area contributed by atoms with Crippen LogP contribution < -0.4 is 5.73 Å². The van der Waals surface area contributed by atoms with Crippen LogP contribution in [0.25, 0.3) is 11.0 Å². The van der Waals surface area contributed by atoms with Crippen molar-refractivity contribution < 1.29 is 9.59 Å². The molecule has 0 spiro atoms. The lowest BCUT2D eigenvalue weighted by Crippen LogP contribution is -2.51. The van der Waals surface area contributed by atoms with Crippen molar-refractivity contribution in [1.29, 1.82) is 0 Å². The highest BCUT2D eigenvalue weighted by atomic mass is 16.2. The average Bonchev–Trinajstić information content (AvgIpc) is 3.21. The standard InChI is InChI=1S/C23H25N5O2/c24-22(29)21-13-15-6-4-5-7-17(15)14-27(21)23(30)16-10-11-20-19(12-16)25-26-28(20)18-8-2-1-3-9-18/h4-7,10-12,18,21H,1-3,8-9,13-14H2,(H2,24,29). The van der Waals surface area contributed by atoms with Gasteiger partial charge < -0.3 is 10.6 Å². The lowest BCUT2D eigenvalue weighted by atomic mass is 9.93. The summed E-state index contributed by atoms with van der Waals surface area (Å²) >= 11 is 0. The normalized spacial score (nSPS) is 19.6. The van der Waals surface area contributed by atoms with Crippen LogP contribution in [0.4, 0.5) is 0 Å². The number of aromatic nitrogens is 3. The molecule has 1 atom stereocenters. The van der Waals surface area contributed by atoms with Crippen LogP contribution in [0.15, 0.2) is 42.5 Å². The maximum atomic E-state index is 13.3. The molecule has 1 unspecified atom stereocenters. The summed E-state index contributed by atoms with van der Waals surface area (Å²) in [6, 6.07) is 13.1. The van der Waals surface area contributed by atoms with E-state index in [1.807, 2.05) is 41.1 Å². The van der Waals surface area contributed by atoms with Crippen LogP contribution in [-0.4, -0.2) is 37.7 Å². The molecular weight excluding hydrogens is 378 g/mol. The SMILES string of the molecule is NC(=O)C1Cc2ccccc2CN1C(=O)c1ccc2c(c1)nnn2C1CCCCC1. The molecule has 7 nitrogen and oxygen atoms in total. The Balaban J connectivity index is 1.46. The van der Waals surface area contributed by atoms with Gasteiger partial charge in [-0.15, -0.1) is 5.10 Å². The summed E-state index contributed by atoms with van der Waals surface area (Å²) in [5, 5.41) is 8.70. The summed E-state index contributed by atoms with van der Waals surface area (Å²) in [6.07, 6.45) is 6.39. The van der Waals surface area contributed by atoms with Crippen LogP contribution in [0.2, 0.25) is 0 Å². The first-order chi connectivity index (χ1) is 14.6. The Morgan fingerprint density at radius 2 is 1.77 bits per heavy atom. The second-order valence-corrected chi connectivity index (χ2v) is 8.35. The van der Waals surface area contributed by atoms with Crippen molar-refractivity contribution in [2.24, 2.45) is 5.73 Å². The van der Waals surface area contributed by atoms with E-state index >= 15 is 0 Å². The van der Waals surface area contributed by atoms with Crippen LogP contribution in [0, 0.1) is 0 Å². The number of hydrogen-bond donors (Lipinski definition) is 1. The third-order valence-electron chi connectivity index (χ3n) is 6.48. The number of fused-ring (bicyclic) bond motifs is 2. The lowest BCUT2D eigenvalue weighted by Gasteiger charge is -2.35. The summed E-state index contributed by atoms with van der Waals surface area (Å²) in [6.45, 7) is 0.370. The highest BCUT2D eigenvalue weighted by Gasteiger charge is 2.34. The van der Waals surface area contributed by atoms with E-state index in [0.29, 0.717) is 30.1 Å². The van der Waals surface area contributed by atoms with Gasteiger partial charge in [0.05, 0.1) is 11.6 Å². The number of nitrogens with zero attached hydrogens (tertiary/aromatic N) is 4. The van der Waals surface area contributed by atoms with Gasteiger partial charge in [-0.2, -0.15) is 0 Å². The molecule has 2 heterocycles. The topological polar surface area (TPSA) is 94.1 Å². The molecule has 0 bridgehead atoms. The molecule has 7 heteroatoms. The van der Waals surface area contributed by atoms with E-state index in [1.54, 1.807) is 11.0 Å². The fraction of sp³-hybridized carbons (Fsp3) is 0.391. The Morgan fingerprint density at radius 1 is 1.00 bits per heavy atom. The van der Waals surface area contributed by atoms with E-state index < -0.39 is 11.9 Å². The molecule has 2 N–H and O–H groups in total. The molecule has 1 aliphatic heterocycles. The quantitative estimate of drug-likeness (QED) is 0.727. The molecule has 1 aromatic heterocycles. The Kier molecular flexibility index (Phi) is 4.73. The maximum absolute atomic E-state index is 13.3. The highest BCUT2D eigenvalue weighted by molar-refractivity contribution is 6.00. The number of primary amides is 1. The second kappa shape index (κ2) is 7.55. The van der Waals surface area contributed by atoms with E-state index in [1.165, 1.54) is 19.3 Å². The number of amides is 2. The Hall–Kier alpha value is -3.22. The summed E-state index contributed by atoms with van der Waals surface area (Å²) in [7, 11) is 0. The molecule has 2 aromatic carbocycles.